The zero-order valence-corrected chi connectivity index (χ0v) is 15.2. The SMILES string of the molecule is c1ccc2cc3cc4c(cc3cc2c1)cc1ccc2cccc3ccc4c1c23. The lowest BCUT2D eigenvalue weighted by atomic mass is 9.90. The Morgan fingerprint density at radius 1 is 0.286 bits per heavy atom. The van der Waals surface area contributed by atoms with Crippen LogP contribution < -0.4 is 0 Å². The van der Waals surface area contributed by atoms with Gasteiger partial charge in [0.2, 0.25) is 0 Å². The number of hydrogen-bond acceptors (Lipinski definition) is 0. The third-order valence-electron chi connectivity index (χ3n) is 6.28. The van der Waals surface area contributed by atoms with Crippen LogP contribution in [0.2, 0.25) is 0 Å². The summed E-state index contributed by atoms with van der Waals surface area (Å²) < 4.78 is 0. The van der Waals surface area contributed by atoms with Crippen LogP contribution in [-0.4, -0.2) is 0 Å². The summed E-state index contributed by atoms with van der Waals surface area (Å²) in [7, 11) is 0. The van der Waals surface area contributed by atoms with Crippen LogP contribution in [0.4, 0.5) is 0 Å². The molecule has 7 aromatic rings. The number of rotatable bonds is 0. The highest BCUT2D eigenvalue weighted by molar-refractivity contribution is 6.29. The van der Waals surface area contributed by atoms with E-state index in [0.717, 1.165) is 0 Å². The zero-order valence-electron chi connectivity index (χ0n) is 15.2. The summed E-state index contributed by atoms with van der Waals surface area (Å²) in [6.45, 7) is 0. The molecule has 7 rings (SSSR count). The fourth-order valence-corrected chi connectivity index (χ4v) is 4.98. The molecule has 0 aliphatic carbocycles. The van der Waals surface area contributed by atoms with Crippen LogP contribution in [0, 0.1) is 0 Å². The number of fused-ring (bicyclic) bond motifs is 4. The molecule has 0 saturated heterocycles. The van der Waals surface area contributed by atoms with Gasteiger partial charge >= 0.3 is 0 Å². The molecule has 0 aromatic heterocycles. The largest absolute Gasteiger partial charge is 0.0616 e. The predicted molar refractivity (Wildman–Crippen MR) is 123 cm³/mol. The summed E-state index contributed by atoms with van der Waals surface area (Å²) >= 11 is 0. The van der Waals surface area contributed by atoms with Gasteiger partial charge in [0.05, 0.1) is 0 Å². The first-order chi connectivity index (χ1) is 13.8. The first-order valence-corrected chi connectivity index (χ1v) is 9.78. The van der Waals surface area contributed by atoms with Crippen LogP contribution >= 0.6 is 0 Å². The minimum atomic E-state index is 1.30. The average molecular weight is 352 g/mol. The van der Waals surface area contributed by atoms with E-state index in [1.165, 1.54) is 64.6 Å². The van der Waals surface area contributed by atoms with Gasteiger partial charge in [-0.1, -0.05) is 66.7 Å². The lowest BCUT2D eigenvalue weighted by Crippen LogP contribution is -1.86. The molecule has 0 heteroatoms. The lowest BCUT2D eigenvalue weighted by Gasteiger charge is -2.14. The lowest BCUT2D eigenvalue weighted by molar-refractivity contribution is 1.79. The Morgan fingerprint density at radius 2 is 0.857 bits per heavy atom. The Kier molecular flexibility index (Phi) is 2.57. The van der Waals surface area contributed by atoms with E-state index >= 15 is 0 Å². The molecule has 0 radical (unpaired) electrons. The van der Waals surface area contributed by atoms with Gasteiger partial charge in [-0.15, -0.1) is 0 Å². The second kappa shape index (κ2) is 4.99. The third kappa shape index (κ3) is 1.80. The van der Waals surface area contributed by atoms with Gasteiger partial charge < -0.3 is 0 Å². The molecule has 128 valence electrons. The maximum Gasteiger partial charge on any atom is -0.00203 e. The highest BCUT2D eigenvalue weighted by Crippen LogP contribution is 2.39. The molecule has 0 fully saturated rings. The highest BCUT2D eigenvalue weighted by atomic mass is 14.1. The van der Waals surface area contributed by atoms with Crippen molar-refractivity contribution in [2.24, 2.45) is 0 Å². The van der Waals surface area contributed by atoms with Crippen molar-refractivity contribution in [2.75, 3.05) is 0 Å². The molecule has 7 aromatic carbocycles. The molecule has 28 heavy (non-hydrogen) atoms. The van der Waals surface area contributed by atoms with Gasteiger partial charge in [-0.25, -0.2) is 0 Å². The van der Waals surface area contributed by atoms with Crippen LogP contribution in [0.15, 0.2) is 97.1 Å². The van der Waals surface area contributed by atoms with E-state index in [1.807, 2.05) is 0 Å². The van der Waals surface area contributed by atoms with E-state index in [-0.39, 0.29) is 0 Å². The molecular formula is C28H16. The Balaban J connectivity index is 1.72. The third-order valence-corrected chi connectivity index (χ3v) is 6.28. The topological polar surface area (TPSA) is 0 Å². The maximum atomic E-state index is 2.38. The molecule has 0 amide bonds. The van der Waals surface area contributed by atoms with E-state index < -0.39 is 0 Å². The molecule has 0 spiro atoms. The normalized spacial score (nSPS) is 12.3. The van der Waals surface area contributed by atoms with E-state index in [2.05, 4.69) is 97.1 Å². The van der Waals surface area contributed by atoms with Crippen molar-refractivity contribution < 1.29 is 0 Å². The van der Waals surface area contributed by atoms with E-state index in [1.54, 1.807) is 0 Å². The molecule has 0 bridgehead atoms. The molecule has 0 unspecified atom stereocenters. The quantitative estimate of drug-likeness (QED) is 0.191. The van der Waals surface area contributed by atoms with Crippen molar-refractivity contribution in [3.05, 3.63) is 97.1 Å². The van der Waals surface area contributed by atoms with Gasteiger partial charge in [-0.3, -0.25) is 0 Å². The minimum Gasteiger partial charge on any atom is -0.0616 e. The molecule has 0 aliphatic rings. The van der Waals surface area contributed by atoms with Crippen LogP contribution in [0.3, 0.4) is 0 Å². The standard InChI is InChI=1S/C28H16/c1-2-5-20-13-23-16-26-24(15-22(23)12-19(20)4-1)14-21-9-8-17-6-3-7-18-10-11-25(26)28(21)27(17)18/h1-16H. The zero-order chi connectivity index (χ0) is 18.2. The minimum absolute atomic E-state index is 1.30. The first kappa shape index (κ1) is 14.4. The van der Waals surface area contributed by atoms with Gasteiger partial charge in [-0.2, -0.15) is 0 Å². The number of benzene rings is 7. The van der Waals surface area contributed by atoms with Crippen molar-refractivity contribution in [2.45, 2.75) is 0 Å². The van der Waals surface area contributed by atoms with E-state index in [0.29, 0.717) is 0 Å². The monoisotopic (exact) mass is 352 g/mol. The Hall–Kier alpha value is -3.64. The smallest absolute Gasteiger partial charge is 0.00203 e. The Morgan fingerprint density at radius 3 is 1.64 bits per heavy atom. The summed E-state index contributed by atoms with van der Waals surface area (Å²) in [6, 6.07) is 36.0. The van der Waals surface area contributed by atoms with Gasteiger partial charge in [-0.05, 0) is 95.0 Å². The summed E-state index contributed by atoms with van der Waals surface area (Å²) in [5.74, 6) is 0. The van der Waals surface area contributed by atoms with E-state index in [4.69, 9.17) is 0 Å². The Labute approximate surface area is 162 Å². The fraction of sp³-hybridized carbons (Fsp3) is 0. The van der Waals surface area contributed by atoms with Crippen LogP contribution in [0.5, 0.6) is 0 Å². The van der Waals surface area contributed by atoms with Crippen molar-refractivity contribution in [1.29, 1.82) is 0 Å². The van der Waals surface area contributed by atoms with Crippen molar-refractivity contribution in [3.8, 4) is 0 Å². The summed E-state index contributed by atoms with van der Waals surface area (Å²) in [5.41, 5.74) is 0. The molecule has 0 atom stereocenters. The Bertz CT molecular complexity index is 1680. The van der Waals surface area contributed by atoms with Crippen LogP contribution in [0.25, 0.3) is 64.6 Å². The van der Waals surface area contributed by atoms with Crippen LogP contribution in [0.1, 0.15) is 0 Å². The van der Waals surface area contributed by atoms with Crippen molar-refractivity contribution >= 4 is 64.6 Å². The maximum absolute atomic E-state index is 2.38. The molecule has 0 heterocycles. The van der Waals surface area contributed by atoms with Crippen LogP contribution in [-0.2, 0) is 0 Å². The summed E-state index contributed by atoms with van der Waals surface area (Å²) in [5, 5.41) is 16.0. The molecular weight excluding hydrogens is 336 g/mol. The molecule has 0 aliphatic heterocycles. The van der Waals surface area contributed by atoms with Crippen molar-refractivity contribution in [3.63, 3.8) is 0 Å². The second-order valence-corrected chi connectivity index (χ2v) is 7.85. The summed E-state index contributed by atoms with van der Waals surface area (Å²) in [4.78, 5) is 0. The average Bonchev–Trinajstić information content (AvgIpc) is 2.74. The number of hydrogen-bond donors (Lipinski definition) is 0. The molecule has 0 nitrogen and oxygen atoms in total. The van der Waals surface area contributed by atoms with E-state index in [9.17, 15) is 0 Å². The first-order valence-electron chi connectivity index (χ1n) is 9.78. The molecule has 0 saturated carbocycles. The fourth-order valence-electron chi connectivity index (χ4n) is 4.98. The van der Waals surface area contributed by atoms with Gasteiger partial charge in [0, 0.05) is 0 Å². The van der Waals surface area contributed by atoms with Gasteiger partial charge in [0.1, 0.15) is 0 Å². The van der Waals surface area contributed by atoms with Crippen molar-refractivity contribution in [1.82, 2.24) is 0 Å². The predicted octanol–water partition coefficient (Wildman–Crippen LogP) is 8.04. The van der Waals surface area contributed by atoms with Gasteiger partial charge in [0.15, 0.2) is 0 Å². The summed E-state index contributed by atoms with van der Waals surface area (Å²) in [6.07, 6.45) is 0. The van der Waals surface area contributed by atoms with Gasteiger partial charge in [0.25, 0.3) is 0 Å². The molecule has 0 N–H and O–H groups in total. The highest BCUT2D eigenvalue weighted by Gasteiger charge is 2.11. The second-order valence-electron chi connectivity index (χ2n) is 7.85.